The van der Waals surface area contributed by atoms with Gasteiger partial charge in [-0.05, 0) is 49.6 Å². The summed E-state index contributed by atoms with van der Waals surface area (Å²) >= 11 is 1.04. The molecule has 1 amide bonds. The highest BCUT2D eigenvalue weighted by Crippen LogP contribution is 2.33. The number of carbonyl (C=O) groups is 2. The Labute approximate surface area is 168 Å². The van der Waals surface area contributed by atoms with E-state index in [9.17, 15) is 14.9 Å². The highest BCUT2D eigenvalue weighted by molar-refractivity contribution is 7.18. The zero-order valence-electron chi connectivity index (χ0n) is 16.1. The lowest BCUT2D eigenvalue weighted by molar-refractivity contribution is -0.111. The second-order valence-corrected chi connectivity index (χ2v) is 6.85. The summed E-state index contributed by atoms with van der Waals surface area (Å²) < 4.78 is 10.5. The summed E-state index contributed by atoms with van der Waals surface area (Å²) in [7, 11) is 0. The van der Waals surface area contributed by atoms with E-state index in [-0.39, 0.29) is 18.1 Å². The SMILES string of the molecule is CCCOc1ccc(C=CC(=O)Nc2sc(C(=O)OCC)c(C)c2C#N)cc1. The summed E-state index contributed by atoms with van der Waals surface area (Å²) in [4.78, 5) is 24.5. The minimum Gasteiger partial charge on any atom is -0.494 e. The van der Waals surface area contributed by atoms with Crippen molar-refractivity contribution < 1.29 is 19.1 Å². The fraction of sp³-hybridized carbons (Fsp3) is 0.286. The minimum atomic E-state index is -0.497. The second-order valence-electron chi connectivity index (χ2n) is 5.83. The number of hydrogen-bond donors (Lipinski definition) is 1. The van der Waals surface area contributed by atoms with E-state index in [1.54, 1.807) is 19.9 Å². The number of benzene rings is 1. The maximum Gasteiger partial charge on any atom is 0.348 e. The van der Waals surface area contributed by atoms with Crippen molar-refractivity contribution in [3.63, 3.8) is 0 Å². The maximum atomic E-state index is 12.2. The van der Waals surface area contributed by atoms with E-state index in [1.165, 1.54) is 6.08 Å². The first kappa shape index (κ1) is 21.2. The molecule has 1 N–H and O–H groups in total. The van der Waals surface area contributed by atoms with Crippen LogP contribution < -0.4 is 10.1 Å². The van der Waals surface area contributed by atoms with Crippen LogP contribution in [0.5, 0.6) is 5.75 Å². The number of carbonyl (C=O) groups excluding carboxylic acids is 2. The fourth-order valence-electron chi connectivity index (χ4n) is 2.35. The molecule has 0 spiro atoms. The molecule has 0 saturated carbocycles. The third-order valence-electron chi connectivity index (χ3n) is 3.74. The Balaban J connectivity index is 2.08. The number of nitrogens with zero attached hydrogens (tertiary/aromatic N) is 1. The number of nitrogens with one attached hydrogen (secondary N) is 1. The van der Waals surface area contributed by atoms with Crippen LogP contribution in [0.4, 0.5) is 5.00 Å². The molecule has 28 heavy (non-hydrogen) atoms. The molecule has 0 radical (unpaired) electrons. The Hall–Kier alpha value is -3.11. The molecule has 7 heteroatoms. The van der Waals surface area contributed by atoms with Crippen molar-refractivity contribution in [2.75, 3.05) is 18.5 Å². The van der Waals surface area contributed by atoms with Gasteiger partial charge in [-0.1, -0.05) is 19.1 Å². The number of amides is 1. The van der Waals surface area contributed by atoms with Crippen molar-refractivity contribution >= 4 is 34.3 Å². The van der Waals surface area contributed by atoms with Crippen LogP contribution >= 0.6 is 11.3 Å². The fourth-order valence-corrected chi connectivity index (χ4v) is 3.40. The highest BCUT2D eigenvalue weighted by atomic mass is 32.1. The van der Waals surface area contributed by atoms with E-state index in [0.717, 1.165) is 29.1 Å². The lowest BCUT2D eigenvalue weighted by Gasteiger charge is -2.04. The molecule has 6 nitrogen and oxygen atoms in total. The van der Waals surface area contributed by atoms with E-state index in [0.29, 0.717) is 22.0 Å². The summed E-state index contributed by atoms with van der Waals surface area (Å²) in [5.41, 5.74) is 1.62. The number of rotatable bonds is 8. The molecule has 0 aliphatic rings. The second kappa shape index (κ2) is 10.3. The molecule has 0 unspecified atom stereocenters. The van der Waals surface area contributed by atoms with Crippen molar-refractivity contribution in [2.45, 2.75) is 27.2 Å². The molecule has 146 valence electrons. The van der Waals surface area contributed by atoms with Crippen LogP contribution in [0.25, 0.3) is 6.08 Å². The summed E-state index contributed by atoms with van der Waals surface area (Å²) in [6, 6.07) is 9.42. The molecule has 0 bridgehead atoms. The lowest BCUT2D eigenvalue weighted by atomic mass is 10.1. The van der Waals surface area contributed by atoms with Crippen LogP contribution in [0, 0.1) is 18.3 Å². The number of ether oxygens (including phenoxy) is 2. The Morgan fingerprint density at radius 3 is 2.57 bits per heavy atom. The number of anilines is 1. The molecule has 0 aliphatic heterocycles. The van der Waals surface area contributed by atoms with Crippen molar-refractivity contribution in [2.24, 2.45) is 0 Å². The summed E-state index contributed by atoms with van der Waals surface area (Å²) in [5.74, 6) is -0.106. The van der Waals surface area contributed by atoms with Gasteiger partial charge < -0.3 is 14.8 Å². The van der Waals surface area contributed by atoms with Gasteiger partial charge in [-0.15, -0.1) is 11.3 Å². The molecule has 2 aromatic rings. The molecular weight excluding hydrogens is 376 g/mol. The van der Waals surface area contributed by atoms with Gasteiger partial charge in [0.2, 0.25) is 5.91 Å². The number of thiophene rings is 1. The molecule has 0 atom stereocenters. The lowest BCUT2D eigenvalue weighted by Crippen LogP contribution is -2.07. The normalized spacial score (nSPS) is 10.5. The van der Waals surface area contributed by atoms with Crippen molar-refractivity contribution in [1.29, 1.82) is 5.26 Å². The maximum absolute atomic E-state index is 12.2. The first-order valence-electron chi connectivity index (χ1n) is 8.92. The number of hydrogen-bond acceptors (Lipinski definition) is 6. The van der Waals surface area contributed by atoms with Crippen LogP contribution in [0.15, 0.2) is 30.3 Å². The quantitative estimate of drug-likeness (QED) is 0.521. The minimum absolute atomic E-state index is 0.241. The molecular formula is C21H22N2O4S. The van der Waals surface area contributed by atoms with Gasteiger partial charge in [0, 0.05) is 6.08 Å². The van der Waals surface area contributed by atoms with E-state index in [2.05, 4.69) is 5.32 Å². The summed E-state index contributed by atoms with van der Waals surface area (Å²) in [6.45, 7) is 6.31. The molecule has 2 rings (SSSR count). The highest BCUT2D eigenvalue weighted by Gasteiger charge is 2.21. The molecule has 1 aromatic carbocycles. The summed E-state index contributed by atoms with van der Waals surface area (Å²) in [5, 5.41) is 12.4. The smallest absolute Gasteiger partial charge is 0.348 e. The monoisotopic (exact) mass is 398 g/mol. The van der Waals surface area contributed by atoms with Gasteiger partial charge in [0.05, 0.1) is 18.8 Å². The van der Waals surface area contributed by atoms with E-state index in [1.807, 2.05) is 37.3 Å². The van der Waals surface area contributed by atoms with Gasteiger partial charge in [-0.3, -0.25) is 4.79 Å². The number of nitriles is 1. The standard InChI is InChI=1S/C21H22N2O4S/c1-4-12-27-16-9-6-15(7-10-16)8-11-18(24)23-20-17(13-22)14(3)19(28-20)21(25)26-5-2/h6-11H,4-5,12H2,1-3H3,(H,23,24). The Morgan fingerprint density at radius 1 is 1.25 bits per heavy atom. The molecule has 0 saturated heterocycles. The van der Waals surface area contributed by atoms with Gasteiger partial charge in [0.25, 0.3) is 0 Å². The van der Waals surface area contributed by atoms with Gasteiger partial charge in [-0.2, -0.15) is 5.26 Å². The average molecular weight is 398 g/mol. The van der Waals surface area contributed by atoms with Gasteiger partial charge >= 0.3 is 5.97 Å². The Kier molecular flexibility index (Phi) is 7.78. The number of esters is 1. The molecule has 0 aliphatic carbocycles. The van der Waals surface area contributed by atoms with Gasteiger partial charge in [0.15, 0.2) is 0 Å². The van der Waals surface area contributed by atoms with Gasteiger partial charge in [0.1, 0.15) is 21.7 Å². The van der Waals surface area contributed by atoms with Crippen molar-refractivity contribution in [3.8, 4) is 11.8 Å². The summed E-state index contributed by atoms with van der Waals surface area (Å²) in [6.07, 6.45) is 3.98. The van der Waals surface area contributed by atoms with Crippen molar-refractivity contribution in [1.82, 2.24) is 0 Å². The van der Waals surface area contributed by atoms with Crippen LogP contribution in [0.3, 0.4) is 0 Å². The van der Waals surface area contributed by atoms with E-state index >= 15 is 0 Å². The third kappa shape index (κ3) is 5.44. The predicted octanol–water partition coefficient (Wildman–Crippen LogP) is 4.55. The van der Waals surface area contributed by atoms with E-state index in [4.69, 9.17) is 9.47 Å². The zero-order chi connectivity index (χ0) is 20.5. The predicted molar refractivity (Wildman–Crippen MR) is 110 cm³/mol. The van der Waals surface area contributed by atoms with Crippen LogP contribution in [0.2, 0.25) is 0 Å². The van der Waals surface area contributed by atoms with Crippen LogP contribution in [-0.2, 0) is 9.53 Å². The van der Waals surface area contributed by atoms with E-state index < -0.39 is 5.97 Å². The van der Waals surface area contributed by atoms with Gasteiger partial charge in [-0.25, -0.2) is 4.79 Å². The van der Waals surface area contributed by atoms with Crippen LogP contribution in [-0.4, -0.2) is 25.1 Å². The average Bonchev–Trinajstić information content (AvgIpc) is 3.00. The van der Waals surface area contributed by atoms with Crippen LogP contribution in [0.1, 0.15) is 46.6 Å². The first-order chi connectivity index (χ1) is 13.5. The largest absolute Gasteiger partial charge is 0.494 e. The molecule has 1 aromatic heterocycles. The Bertz CT molecular complexity index is 908. The zero-order valence-corrected chi connectivity index (χ0v) is 16.9. The molecule has 0 fully saturated rings. The van der Waals surface area contributed by atoms with Crippen molar-refractivity contribution in [3.05, 3.63) is 51.9 Å². The Morgan fingerprint density at radius 2 is 1.96 bits per heavy atom. The topological polar surface area (TPSA) is 88.4 Å². The third-order valence-corrected chi connectivity index (χ3v) is 4.92. The molecule has 1 heterocycles. The first-order valence-corrected chi connectivity index (χ1v) is 9.74.